The summed E-state index contributed by atoms with van der Waals surface area (Å²) in [4.78, 5) is 5.27. The molecule has 0 aliphatic heterocycles. The molecule has 44 heavy (non-hydrogen) atoms. The molecule has 0 saturated carbocycles. The predicted molar refractivity (Wildman–Crippen MR) is 188 cm³/mol. The number of pyridine rings is 1. The number of thiophene rings is 1. The third-order valence-electron chi connectivity index (χ3n) is 8.60. The van der Waals surface area contributed by atoms with E-state index in [1.807, 2.05) is 11.3 Å². The van der Waals surface area contributed by atoms with Gasteiger partial charge in [0.25, 0.3) is 0 Å². The highest BCUT2D eigenvalue weighted by molar-refractivity contribution is 7.25. The van der Waals surface area contributed by atoms with Gasteiger partial charge < -0.3 is 0 Å². The molecule has 0 spiro atoms. The van der Waals surface area contributed by atoms with Crippen molar-refractivity contribution in [2.75, 3.05) is 0 Å². The van der Waals surface area contributed by atoms with Gasteiger partial charge in [0.15, 0.2) is 0 Å². The van der Waals surface area contributed by atoms with Gasteiger partial charge in [0, 0.05) is 36.5 Å². The monoisotopic (exact) mass is 578 g/mol. The van der Waals surface area contributed by atoms with E-state index < -0.39 is 0 Å². The Kier molecular flexibility index (Phi) is 5.71. The summed E-state index contributed by atoms with van der Waals surface area (Å²) >= 11 is 1.86. The molecule has 2 nitrogen and oxygen atoms in total. The fourth-order valence-corrected chi connectivity index (χ4v) is 7.58. The first-order valence-corrected chi connectivity index (χ1v) is 15.7. The zero-order valence-electron chi connectivity index (χ0n) is 23.8. The van der Waals surface area contributed by atoms with Crippen LogP contribution in [0.15, 0.2) is 158 Å². The SMILES string of the molecule is c1ccc(-c2cc(-c3ccccc3)nc(-n3c4ccccc4c4cc(-c5ccc6sc7ccccc7c6c5)ccc43)c2)cc1. The molecule has 206 valence electrons. The van der Waals surface area contributed by atoms with Gasteiger partial charge in [0.1, 0.15) is 5.82 Å². The Hall–Kier alpha value is -5.51. The first-order chi connectivity index (χ1) is 21.8. The van der Waals surface area contributed by atoms with Gasteiger partial charge in [-0.15, -0.1) is 11.3 Å². The summed E-state index contributed by atoms with van der Waals surface area (Å²) in [6, 6.07) is 56.6. The molecule has 0 saturated heterocycles. The fourth-order valence-electron chi connectivity index (χ4n) is 6.49. The molecule has 0 aliphatic carbocycles. The molecule has 0 atom stereocenters. The lowest BCUT2D eigenvalue weighted by Crippen LogP contribution is -2.00. The number of hydrogen-bond donors (Lipinski definition) is 0. The van der Waals surface area contributed by atoms with Crippen molar-refractivity contribution in [3.8, 4) is 39.3 Å². The van der Waals surface area contributed by atoms with E-state index in [1.54, 1.807) is 0 Å². The first-order valence-electron chi connectivity index (χ1n) is 14.9. The summed E-state index contributed by atoms with van der Waals surface area (Å²) in [5, 5.41) is 5.09. The Morgan fingerprint density at radius 2 is 1.00 bits per heavy atom. The molecule has 3 heterocycles. The number of benzene rings is 6. The second kappa shape index (κ2) is 10.0. The zero-order valence-corrected chi connectivity index (χ0v) is 24.6. The maximum atomic E-state index is 5.27. The second-order valence-corrected chi connectivity index (χ2v) is 12.3. The van der Waals surface area contributed by atoms with E-state index in [2.05, 4.69) is 162 Å². The van der Waals surface area contributed by atoms with Crippen LogP contribution in [-0.4, -0.2) is 9.55 Å². The number of para-hydroxylation sites is 1. The van der Waals surface area contributed by atoms with Crippen LogP contribution in [0.3, 0.4) is 0 Å². The molecule has 3 heteroatoms. The number of fused-ring (bicyclic) bond motifs is 6. The van der Waals surface area contributed by atoms with E-state index in [0.717, 1.165) is 33.7 Å². The molecule has 6 aromatic carbocycles. The number of hydrogen-bond acceptors (Lipinski definition) is 2. The normalized spacial score (nSPS) is 11.6. The third-order valence-corrected chi connectivity index (χ3v) is 9.75. The van der Waals surface area contributed by atoms with Gasteiger partial charge >= 0.3 is 0 Å². The maximum absolute atomic E-state index is 5.27. The minimum atomic E-state index is 0.912. The molecule has 0 fully saturated rings. The Morgan fingerprint density at radius 1 is 0.386 bits per heavy atom. The maximum Gasteiger partial charge on any atom is 0.138 e. The minimum Gasteiger partial charge on any atom is -0.294 e. The molecule has 0 unspecified atom stereocenters. The highest BCUT2D eigenvalue weighted by Gasteiger charge is 2.17. The summed E-state index contributed by atoms with van der Waals surface area (Å²) in [5.74, 6) is 0.912. The fraction of sp³-hybridized carbons (Fsp3) is 0. The van der Waals surface area contributed by atoms with Crippen LogP contribution < -0.4 is 0 Å². The zero-order chi connectivity index (χ0) is 29.0. The van der Waals surface area contributed by atoms with Crippen molar-refractivity contribution in [2.24, 2.45) is 0 Å². The summed E-state index contributed by atoms with van der Waals surface area (Å²) in [7, 11) is 0. The van der Waals surface area contributed by atoms with Crippen molar-refractivity contribution < 1.29 is 0 Å². The number of nitrogens with zero attached hydrogens (tertiary/aromatic N) is 2. The molecule has 0 radical (unpaired) electrons. The average Bonchev–Trinajstić information content (AvgIpc) is 3.64. The molecule has 0 amide bonds. The van der Waals surface area contributed by atoms with E-state index >= 15 is 0 Å². The van der Waals surface area contributed by atoms with Crippen LogP contribution in [0.25, 0.3) is 81.3 Å². The summed E-state index contributed by atoms with van der Waals surface area (Å²) in [6.45, 7) is 0. The van der Waals surface area contributed by atoms with Gasteiger partial charge in [0.05, 0.1) is 16.7 Å². The summed E-state index contributed by atoms with van der Waals surface area (Å²) < 4.78 is 4.98. The van der Waals surface area contributed by atoms with Crippen molar-refractivity contribution >= 4 is 53.3 Å². The molecule has 0 aliphatic rings. The minimum absolute atomic E-state index is 0.912. The Balaban J connectivity index is 1.27. The average molecular weight is 579 g/mol. The van der Waals surface area contributed by atoms with Crippen molar-refractivity contribution in [3.63, 3.8) is 0 Å². The first kappa shape index (κ1) is 25.0. The topological polar surface area (TPSA) is 17.8 Å². The van der Waals surface area contributed by atoms with Gasteiger partial charge in [-0.3, -0.25) is 4.57 Å². The number of aromatic nitrogens is 2. The lowest BCUT2D eigenvalue weighted by Gasteiger charge is -2.13. The van der Waals surface area contributed by atoms with Crippen LogP contribution in [0.5, 0.6) is 0 Å². The molecule has 9 rings (SSSR count). The Bertz CT molecular complexity index is 2430. The standard InChI is InChI=1S/C41H26N2S/c1-3-11-27(12-4-1)31-25-36(28-13-5-2-6-14-28)42-41(26-31)43-37-17-9-7-15-32(37)34-23-29(19-21-38(34)43)30-20-22-40-35(24-30)33-16-8-10-18-39(33)44-40/h1-26H. The number of rotatable bonds is 4. The van der Waals surface area contributed by atoms with E-state index in [1.165, 1.54) is 47.6 Å². The van der Waals surface area contributed by atoms with E-state index in [-0.39, 0.29) is 0 Å². The molecule has 0 bridgehead atoms. The van der Waals surface area contributed by atoms with Crippen molar-refractivity contribution in [1.82, 2.24) is 9.55 Å². The van der Waals surface area contributed by atoms with Gasteiger partial charge in [-0.05, 0) is 70.8 Å². The summed E-state index contributed by atoms with van der Waals surface area (Å²) in [6.07, 6.45) is 0. The van der Waals surface area contributed by atoms with Crippen LogP contribution in [0.4, 0.5) is 0 Å². The molecule has 9 aromatic rings. The highest BCUT2D eigenvalue weighted by atomic mass is 32.1. The smallest absolute Gasteiger partial charge is 0.138 e. The van der Waals surface area contributed by atoms with E-state index in [4.69, 9.17) is 4.98 Å². The quantitative estimate of drug-likeness (QED) is 0.203. The third kappa shape index (κ3) is 4.05. The highest BCUT2D eigenvalue weighted by Crippen LogP contribution is 2.39. The van der Waals surface area contributed by atoms with Crippen LogP contribution in [-0.2, 0) is 0 Å². The van der Waals surface area contributed by atoms with Gasteiger partial charge in [-0.2, -0.15) is 0 Å². The van der Waals surface area contributed by atoms with Crippen LogP contribution >= 0.6 is 11.3 Å². The Morgan fingerprint density at radius 3 is 1.82 bits per heavy atom. The van der Waals surface area contributed by atoms with Crippen molar-refractivity contribution in [3.05, 3.63) is 158 Å². The van der Waals surface area contributed by atoms with Crippen LogP contribution in [0.1, 0.15) is 0 Å². The van der Waals surface area contributed by atoms with Crippen molar-refractivity contribution in [2.45, 2.75) is 0 Å². The lowest BCUT2D eigenvalue weighted by molar-refractivity contribution is 1.08. The molecular formula is C41H26N2S. The van der Waals surface area contributed by atoms with Crippen LogP contribution in [0, 0.1) is 0 Å². The molecule has 3 aromatic heterocycles. The van der Waals surface area contributed by atoms with Gasteiger partial charge in [-0.1, -0.05) is 109 Å². The largest absolute Gasteiger partial charge is 0.294 e. The van der Waals surface area contributed by atoms with Crippen LogP contribution in [0.2, 0.25) is 0 Å². The summed E-state index contributed by atoms with van der Waals surface area (Å²) in [5.41, 5.74) is 9.13. The van der Waals surface area contributed by atoms with E-state index in [0.29, 0.717) is 0 Å². The molecule has 0 N–H and O–H groups in total. The van der Waals surface area contributed by atoms with Gasteiger partial charge in [0.2, 0.25) is 0 Å². The lowest BCUT2D eigenvalue weighted by atomic mass is 10.0. The second-order valence-electron chi connectivity index (χ2n) is 11.2. The van der Waals surface area contributed by atoms with E-state index in [9.17, 15) is 0 Å². The predicted octanol–water partition coefficient (Wildman–Crippen LogP) is 11.5. The molecular weight excluding hydrogens is 553 g/mol. The van der Waals surface area contributed by atoms with Crippen molar-refractivity contribution in [1.29, 1.82) is 0 Å². The Labute approximate surface area is 259 Å². The van der Waals surface area contributed by atoms with Gasteiger partial charge in [-0.25, -0.2) is 4.98 Å².